The number of benzene rings is 2. The van der Waals surface area contributed by atoms with Crippen molar-refractivity contribution >= 4 is 39.3 Å². The van der Waals surface area contributed by atoms with Crippen LogP contribution in [0.2, 0.25) is 0 Å². The zero-order valence-corrected chi connectivity index (χ0v) is 17.2. The predicted molar refractivity (Wildman–Crippen MR) is 111 cm³/mol. The summed E-state index contributed by atoms with van der Waals surface area (Å²) < 4.78 is 0.789. The monoisotopic (exact) mass is 440 g/mol. The number of carbonyl (C=O) groups excluding carboxylic acids is 3. The molecule has 3 amide bonds. The van der Waals surface area contributed by atoms with Crippen molar-refractivity contribution in [3.63, 3.8) is 0 Å². The quantitative estimate of drug-likeness (QED) is 0.687. The Morgan fingerprint density at radius 2 is 1.71 bits per heavy atom. The van der Waals surface area contributed by atoms with E-state index in [1.54, 1.807) is 12.1 Å². The summed E-state index contributed by atoms with van der Waals surface area (Å²) in [6.07, 6.45) is 4.95. The van der Waals surface area contributed by atoms with E-state index in [9.17, 15) is 14.4 Å². The fourth-order valence-corrected chi connectivity index (χ4v) is 4.58. The van der Waals surface area contributed by atoms with E-state index in [0.717, 1.165) is 42.1 Å². The Hall–Kier alpha value is -2.47. The Morgan fingerprint density at radius 1 is 1.00 bits per heavy atom. The number of amides is 3. The molecule has 0 radical (unpaired) electrons. The van der Waals surface area contributed by atoms with Crippen LogP contribution in [0.3, 0.4) is 0 Å². The highest BCUT2D eigenvalue weighted by Gasteiger charge is 2.40. The van der Waals surface area contributed by atoms with Crippen molar-refractivity contribution < 1.29 is 14.4 Å². The standard InChI is InChI=1S/C22H21BrN2O3/c1-13-7-10-19(18(23)11-13)24-20(26)14-8-9-16-17(12-14)22(28)25(21(16)27)15-5-3-2-4-6-15/h7-12,15H,2-6H2,1H3,(H,24,26). The van der Waals surface area contributed by atoms with Crippen LogP contribution in [-0.2, 0) is 0 Å². The van der Waals surface area contributed by atoms with Crippen molar-refractivity contribution in [1.82, 2.24) is 4.90 Å². The molecule has 0 spiro atoms. The summed E-state index contributed by atoms with van der Waals surface area (Å²) in [5.41, 5.74) is 2.81. The van der Waals surface area contributed by atoms with Gasteiger partial charge in [-0.15, -0.1) is 0 Å². The van der Waals surface area contributed by atoms with Crippen LogP contribution in [0, 0.1) is 6.92 Å². The fourth-order valence-electron chi connectivity index (χ4n) is 3.99. The Balaban J connectivity index is 1.58. The number of fused-ring (bicyclic) bond motifs is 1. The van der Waals surface area contributed by atoms with E-state index in [0.29, 0.717) is 22.4 Å². The van der Waals surface area contributed by atoms with Crippen LogP contribution in [-0.4, -0.2) is 28.7 Å². The van der Waals surface area contributed by atoms with E-state index in [1.165, 1.54) is 11.0 Å². The largest absolute Gasteiger partial charge is 0.321 e. The molecule has 4 rings (SSSR count). The summed E-state index contributed by atoms with van der Waals surface area (Å²) in [5.74, 6) is -0.832. The molecule has 2 aromatic carbocycles. The lowest BCUT2D eigenvalue weighted by Gasteiger charge is -2.29. The van der Waals surface area contributed by atoms with Gasteiger partial charge in [0.05, 0.1) is 16.8 Å². The van der Waals surface area contributed by atoms with E-state index in [2.05, 4.69) is 21.2 Å². The third kappa shape index (κ3) is 3.37. The average molecular weight is 441 g/mol. The highest BCUT2D eigenvalue weighted by Crippen LogP contribution is 2.32. The first-order valence-corrected chi connectivity index (χ1v) is 10.3. The van der Waals surface area contributed by atoms with Gasteiger partial charge in [-0.25, -0.2) is 0 Å². The lowest BCUT2D eigenvalue weighted by atomic mass is 9.94. The first-order chi connectivity index (χ1) is 13.5. The summed E-state index contributed by atoms with van der Waals surface area (Å²) in [6.45, 7) is 1.97. The molecule has 1 saturated carbocycles. The molecule has 6 heteroatoms. The van der Waals surface area contributed by atoms with Crippen molar-refractivity contribution in [2.45, 2.75) is 45.1 Å². The first-order valence-electron chi connectivity index (χ1n) is 9.55. The maximum absolute atomic E-state index is 12.9. The fraction of sp³-hybridized carbons (Fsp3) is 0.318. The summed E-state index contributed by atoms with van der Waals surface area (Å²) in [6, 6.07) is 10.4. The van der Waals surface area contributed by atoms with Gasteiger partial charge in [-0.2, -0.15) is 0 Å². The Kier molecular flexibility index (Phi) is 5.06. The molecule has 1 fully saturated rings. The van der Waals surface area contributed by atoms with Gasteiger partial charge in [0.25, 0.3) is 17.7 Å². The number of rotatable bonds is 3. The van der Waals surface area contributed by atoms with Gasteiger partial charge in [-0.3, -0.25) is 19.3 Å². The normalized spacial score (nSPS) is 17.0. The zero-order valence-electron chi connectivity index (χ0n) is 15.6. The highest BCUT2D eigenvalue weighted by molar-refractivity contribution is 9.10. The van der Waals surface area contributed by atoms with E-state index >= 15 is 0 Å². The van der Waals surface area contributed by atoms with Gasteiger partial charge in [0.1, 0.15) is 0 Å². The van der Waals surface area contributed by atoms with Gasteiger partial charge in [-0.05, 0) is 71.6 Å². The average Bonchev–Trinajstić information content (AvgIpc) is 2.94. The number of aryl methyl sites for hydroxylation is 1. The lowest BCUT2D eigenvalue weighted by molar-refractivity contribution is 0.0549. The van der Waals surface area contributed by atoms with Crippen LogP contribution in [0.1, 0.15) is 68.7 Å². The molecular formula is C22H21BrN2O3. The van der Waals surface area contributed by atoms with Gasteiger partial charge in [-0.1, -0.05) is 25.3 Å². The third-order valence-electron chi connectivity index (χ3n) is 5.49. The van der Waals surface area contributed by atoms with E-state index in [4.69, 9.17) is 0 Å². The maximum atomic E-state index is 12.9. The lowest BCUT2D eigenvalue weighted by Crippen LogP contribution is -2.40. The minimum atomic E-state index is -0.316. The number of nitrogens with zero attached hydrogens (tertiary/aromatic N) is 1. The van der Waals surface area contributed by atoms with E-state index in [-0.39, 0.29) is 23.8 Å². The number of imide groups is 1. The molecule has 1 heterocycles. The second kappa shape index (κ2) is 7.51. The molecule has 1 aliphatic carbocycles. The van der Waals surface area contributed by atoms with Crippen molar-refractivity contribution in [2.24, 2.45) is 0 Å². The van der Waals surface area contributed by atoms with Crippen molar-refractivity contribution in [3.8, 4) is 0 Å². The Labute approximate surface area is 172 Å². The molecule has 0 bridgehead atoms. The molecule has 1 aliphatic heterocycles. The van der Waals surface area contributed by atoms with Gasteiger partial charge in [0.2, 0.25) is 0 Å². The summed E-state index contributed by atoms with van der Waals surface area (Å²) in [5, 5.41) is 2.85. The number of nitrogens with one attached hydrogen (secondary N) is 1. The minimum Gasteiger partial charge on any atom is -0.321 e. The van der Waals surface area contributed by atoms with Crippen molar-refractivity contribution in [2.75, 3.05) is 5.32 Å². The third-order valence-corrected chi connectivity index (χ3v) is 6.15. The van der Waals surface area contributed by atoms with Crippen LogP contribution < -0.4 is 5.32 Å². The van der Waals surface area contributed by atoms with Crippen LogP contribution in [0.25, 0.3) is 0 Å². The second-order valence-electron chi connectivity index (χ2n) is 7.47. The van der Waals surface area contributed by atoms with Crippen LogP contribution in [0.15, 0.2) is 40.9 Å². The van der Waals surface area contributed by atoms with Crippen LogP contribution in [0.4, 0.5) is 5.69 Å². The van der Waals surface area contributed by atoms with Gasteiger partial charge in [0, 0.05) is 16.1 Å². The molecule has 0 atom stereocenters. The molecule has 28 heavy (non-hydrogen) atoms. The number of anilines is 1. The van der Waals surface area contributed by atoms with E-state index in [1.807, 2.05) is 25.1 Å². The molecule has 2 aromatic rings. The Morgan fingerprint density at radius 3 is 2.43 bits per heavy atom. The molecule has 0 aromatic heterocycles. The highest BCUT2D eigenvalue weighted by atomic mass is 79.9. The summed E-state index contributed by atoms with van der Waals surface area (Å²) in [7, 11) is 0. The molecule has 1 N–H and O–H groups in total. The number of carbonyl (C=O) groups is 3. The van der Waals surface area contributed by atoms with Crippen molar-refractivity contribution in [1.29, 1.82) is 0 Å². The van der Waals surface area contributed by atoms with Gasteiger partial charge < -0.3 is 5.32 Å². The van der Waals surface area contributed by atoms with Gasteiger partial charge in [0.15, 0.2) is 0 Å². The maximum Gasteiger partial charge on any atom is 0.261 e. The van der Waals surface area contributed by atoms with Crippen LogP contribution >= 0.6 is 15.9 Å². The van der Waals surface area contributed by atoms with E-state index < -0.39 is 0 Å². The number of hydrogen-bond acceptors (Lipinski definition) is 3. The summed E-state index contributed by atoms with van der Waals surface area (Å²) in [4.78, 5) is 39.7. The predicted octanol–water partition coefficient (Wildman–Crippen LogP) is 4.94. The zero-order chi connectivity index (χ0) is 19.8. The Bertz CT molecular complexity index is 980. The van der Waals surface area contributed by atoms with Crippen molar-refractivity contribution in [3.05, 3.63) is 63.1 Å². The number of hydrogen-bond donors (Lipinski definition) is 1. The number of halogens is 1. The van der Waals surface area contributed by atoms with Gasteiger partial charge >= 0.3 is 0 Å². The molecular weight excluding hydrogens is 420 g/mol. The summed E-state index contributed by atoms with van der Waals surface area (Å²) >= 11 is 3.45. The second-order valence-corrected chi connectivity index (χ2v) is 8.32. The molecule has 2 aliphatic rings. The minimum absolute atomic E-state index is 0.0260. The SMILES string of the molecule is Cc1ccc(NC(=O)c2ccc3c(c2)C(=O)N(C2CCCCC2)C3=O)c(Br)c1. The topological polar surface area (TPSA) is 66.5 Å². The molecule has 5 nitrogen and oxygen atoms in total. The molecule has 0 unspecified atom stereocenters. The van der Waals surface area contributed by atoms with Crippen LogP contribution in [0.5, 0.6) is 0 Å². The first kappa shape index (κ1) is 18.9. The molecule has 144 valence electrons. The smallest absolute Gasteiger partial charge is 0.261 e. The molecule has 0 saturated heterocycles.